The van der Waals surface area contributed by atoms with Crippen LogP contribution in [0.2, 0.25) is 0 Å². The number of halogens is 6. The second-order valence-electron chi connectivity index (χ2n) is 9.91. The molecular formula is C29H27Br2F4N3OS2. The number of nitrogens with zero attached hydrogens (tertiary/aromatic N) is 2. The smallest absolute Gasteiger partial charge is 0.428 e. The van der Waals surface area contributed by atoms with Crippen molar-refractivity contribution in [3.05, 3.63) is 92.9 Å². The monoisotopic (exact) mass is 731 g/mol. The van der Waals surface area contributed by atoms with Crippen molar-refractivity contribution in [1.82, 2.24) is 4.90 Å². The number of ether oxygens (including phenoxy) is 1. The molecule has 1 fully saturated rings. The van der Waals surface area contributed by atoms with Gasteiger partial charge in [-0.2, -0.15) is 17.6 Å². The molecule has 0 aliphatic carbocycles. The van der Waals surface area contributed by atoms with Crippen molar-refractivity contribution in [3.63, 3.8) is 0 Å². The maximum absolute atomic E-state index is 13.5. The van der Waals surface area contributed by atoms with E-state index < -0.39 is 23.8 Å². The molecule has 0 bridgehead atoms. The van der Waals surface area contributed by atoms with Gasteiger partial charge in [0.2, 0.25) is 0 Å². The molecule has 2 atom stereocenters. The van der Waals surface area contributed by atoms with Crippen LogP contribution in [-0.4, -0.2) is 39.5 Å². The van der Waals surface area contributed by atoms with Gasteiger partial charge in [-0.15, -0.1) is 0 Å². The lowest BCUT2D eigenvalue weighted by atomic mass is 9.85. The number of aliphatic imine (C=N–C) groups is 1. The third-order valence-electron chi connectivity index (χ3n) is 6.58. The van der Waals surface area contributed by atoms with Crippen molar-refractivity contribution in [1.29, 1.82) is 0 Å². The number of rotatable bonds is 8. The summed E-state index contributed by atoms with van der Waals surface area (Å²) in [6.07, 6.45) is -8.58. The number of nitrogens with one attached hydrogen (secondary N) is 1. The van der Waals surface area contributed by atoms with Gasteiger partial charge in [-0.05, 0) is 66.5 Å². The number of amidine groups is 1. The highest BCUT2D eigenvalue weighted by Gasteiger charge is 2.44. The lowest BCUT2D eigenvalue weighted by molar-refractivity contribution is -0.253. The highest BCUT2D eigenvalue weighted by Crippen LogP contribution is 2.40. The predicted octanol–water partition coefficient (Wildman–Crippen LogP) is 9.54. The third-order valence-corrected chi connectivity index (χ3v) is 8.85. The number of alkyl halides is 4. The van der Waals surface area contributed by atoms with E-state index in [9.17, 15) is 17.6 Å². The van der Waals surface area contributed by atoms with Crippen LogP contribution in [0.15, 0.2) is 86.7 Å². The quantitative estimate of drug-likeness (QED) is 0.185. The molecule has 218 valence electrons. The Morgan fingerprint density at radius 2 is 1.68 bits per heavy atom. The summed E-state index contributed by atoms with van der Waals surface area (Å²) in [7, 11) is 0. The molecule has 2 unspecified atom stereocenters. The Balaban J connectivity index is 1.72. The summed E-state index contributed by atoms with van der Waals surface area (Å²) in [6.45, 7) is 6.23. The number of thioether (sulfide) groups is 1. The van der Waals surface area contributed by atoms with Gasteiger partial charge in [-0.1, -0.05) is 93.9 Å². The summed E-state index contributed by atoms with van der Waals surface area (Å²) in [5.74, 6) is 0.525. The van der Waals surface area contributed by atoms with Crippen LogP contribution in [0.5, 0.6) is 5.75 Å². The van der Waals surface area contributed by atoms with Gasteiger partial charge >= 0.3 is 12.5 Å². The summed E-state index contributed by atoms with van der Waals surface area (Å²) in [5, 5.41) is 4.07. The summed E-state index contributed by atoms with van der Waals surface area (Å²) in [5.41, 5.74) is 1.46. The summed E-state index contributed by atoms with van der Waals surface area (Å²) in [6, 6.07) is 21.4. The van der Waals surface area contributed by atoms with Gasteiger partial charge < -0.3 is 10.1 Å². The van der Waals surface area contributed by atoms with Crippen LogP contribution in [0, 0.1) is 5.92 Å². The molecule has 4 rings (SSSR count). The Morgan fingerprint density at radius 1 is 1.02 bits per heavy atom. The van der Waals surface area contributed by atoms with E-state index in [0.717, 1.165) is 25.8 Å². The van der Waals surface area contributed by atoms with Crippen LogP contribution in [0.4, 0.5) is 23.2 Å². The van der Waals surface area contributed by atoms with E-state index in [1.165, 1.54) is 18.2 Å². The van der Waals surface area contributed by atoms with Crippen molar-refractivity contribution in [2.45, 2.75) is 44.9 Å². The van der Waals surface area contributed by atoms with Crippen LogP contribution >= 0.6 is 55.8 Å². The fourth-order valence-electron chi connectivity index (χ4n) is 4.37. The standard InChI is InChI=1S/C29H27Br2F4N3OS2/c1-17(2)24-16-41-27(37-28(3,18-8-5-4-6-9-18)19-12-20(30)14-21(31)13-19)38(24)26(40)36-22-10-7-11-23(15-22)39-29(34,35)25(32)33/h4-15,17,24-25H,16H2,1-3H3,(H,36,40). The van der Waals surface area contributed by atoms with Crippen molar-refractivity contribution in [3.8, 4) is 5.75 Å². The van der Waals surface area contributed by atoms with Crippen LogP contribution < -0.4 is 10.1 Å². The largest absolute Gasteiger partial charge is 0.461 e. The first-order valence-electron chi connectivity index (χ1n) is 12.6. The second-order valence-corrected chi connectivity index (χ2v) is 13.1. The van der Waals surface area contributed by atoms with E-state index in [-0.39, 0.29) is 12.0 Å². The molecular weight excluding hydrogens is 706 g/mol. The van der Waals surface area contributed by atoms with Crippen LogP contribution in [0.1, 0.15) is 31.9 Å². The van der Waals surface area contributed by atoms with Gasteiger partial charge in [0.15, 0.2) is 10.3 Å². The molecule has 1 N–H and O–H groups in total. The molecule has 1 aliphatic rings. The molecule has 1 heterocycles. The molecule has 4 nitrogen and oxygen atoms in total. The van der Waals surface area contributed by atoms with Crippen LogP contribution in [0.3, 0.4) is 0 Å². The number of benzene rings is 3. The van der Waals surface area contributed by atoms with E-state index in [1.807, 2.05) is 60.4 Å². The van der Waals surface area contributed by atoms with Crippen molar-refractivity contribution in [2.24, 2.45) is 10.9 Å². The number of anilines is 1. The topological polar surface area (TPSA) is 36.9 Å². The number of thiocarbonyl (C=S) groups is 1. The Morgan fingerprint density at radius 3 is 2.29 bits per heavy atom. The first-order chi connectivity index (χ1) is 19.3. The molecule has 0 spiro atoms. The van der Waals surface area contributed by atoms with E-state index in [2.05, 4.69) is 55.8 Å². The zero-order valence-corrected chi connectivity index (χ0v) is 27.1. The van der Waals surface area contributed by atoms with Crippen molar-refractivity contribution < 1.29 is 22.3 Å². The Labute approximate surface area is 263 Å². The minimum Gasteiger partial charge on any atom is -0.428 e. The van der Waals surface area contributed by atoms with Gasteiger partial charge in [0.1, 0.15) is 11.3 Å². The van der Waals surface area contributed by atoms with Gasteiger partial charge in [0, 0.05) is 26.5 Å². The molecule has 41 heavy (non-hydrogen) atoms. The molecule has 0 radical (unpaired) electrons. The van der Waals surface area contributed by atoms with E-state index in [1.54, 1.807) is 17.8 Å². The molecule has 3 aromatic carbocycles. The number of hydrogen-bond donors (Lipinski definition) is 1. The fraction of sp³-hybridized carbons (Fsp3) is 0.310. The van der Waals surface area contributed by atoms with E-state index in [0.29, 0.717) is 16.0 Å². The lowest BCUT2D eigenvalue weighted by Gasteiger charge is -2.33. The molecule has 1 saturated heterocycles. The molecule has 1 aliphatic heterocycles. The average molecular weight is 733 g/mol. The van der Waals surface area contributed by atoms with Crippen LogP contribution in [0.25, 0.3) is 0 Å². The Hall–Kier alpha value is -2.15. The Bertz CT molecular complexity index is 1410. The highest BCUT2D eigenvalue weighted by molar-refractivity contribution is 9.11. The van der Waals surface area contributed by atoms with Gasteiger partial charge in [-0.3, -0.25) is 4.90 Å². The summed E-state index contributed by atoms with van der Waals surface area (Å²) >= 11 is 14.6. The van der Waals surface area contributed by atoms with E-state index in [4.69, 9.17) is 17.2 Å². The fourth-order valence-corrected chi connectivity index (χ4v) is 7.53. The van der Waals surface area contributed by atoms with Crippen molar-refractivity contribution >= 4 is 71.8 Å². The van der Waals surface area contributed by atoms with Gasteiger partial charge in [-0.25, -0.2) is 4.99 Å². The lowest BCUT2D eigenvalue weighted by Crippen LogP contribution is -2.45. The molecule has 0 amide bonds. The Kier molecular flexibility index (Phi) is 10.1. The second kappa shape index (κ2) is 13.0. The zero-order valence-electron chi connectivity index (χ0n) is 22.3. The average Bonchev–Trinajstić information content (AvgIpc) is 3.32. The van der Waals surface area contributed by atoms with E-state index >= 15 is 0 Å². The normalized spacial score (nSPS) is 18.2. The predicted molar refractivity (Wildman–Crippen MR) is 169 cm³/mol. The van der Waals surface area contributed by atoms with Crippen molar-refractivity contribution in [2.75, 3.05) is 11.1 Å². The first-order valence-corrected chi connectivity index (χ1v) is 15.6. The summed E-state index contributed by atoms with van der Waals surface area (Å²) < 4.78 is 58.4. The molecule has 3 aromatic rings. The van der Waals surface area contributed by atoms with Crippen LogP contribution in [-0.2, 0) is 5.54 Å². The van der Waals surface area contributed by atoms with Gasteiger partial charge in [0.05, 0.1) is 6.04 Å². The van der Waals surface area contributed by atoms with Gasteiger partial charge in [0.25, 0.3) is 0 Å². The number of hydrogen-bond acceptors (Lipinski definition) is 4. The zero-order chi connectivity index (χ0) is 29.9. The first kappa shape index (κ1) is 31.8. The minimum absolute atomic E-state index is 0.00406. The molecule has 0 saturated carbocycles. The highest BCUT2D eigenvalue weighted by atomic mass is 79.9. The minimum atomic E-state index is -4.61. The molecule has 0 aromatic heterocycles. The summed E-state index contributed by atoms with van der Waals surface area (Å²) in [4.78, 5) is 7.27. The SMILES string of the molecule is CC(C)C1CSC(=NC(C)(c2ccccc2)c2cc(Br)cc(Br)c2)N1C(=S)Nc1cccc(OC(F)(F)C(F)F)c1. The maximum atomic E-state index is 13.5. The maximum Gasteiger partial charge on any atom is 0.461 e. The third kappa shape index (κ3) is 7.44. The molecule has 12 heteroatoms.